The number of primary sulfonamides is 1. The molecule has 2 rings (SSSR count). The van der Waals surface area contributed by atoms with Crippen molar-refractivity contribution in [1.82, 2.24) is 0 Å². The van der Waals surface area contributed by atoms with Gasteiger partial charge in [-0.3, -0.25) is 0 Å². The van der Waals surface area contributed by atoms with E-state index in [2.05, 4.69) is 24.4 Å². The van der Waals surface area contributed by atoms with Crippen molar-refractivity contribution < 1.29 is 8.42 Å². The van der Waals surface area contributed by atoms with Gasteiger partial charge in [-0.2, -0.15) is 0 Å². The first-order chi connectivity index (χ1) is 9.91. The van der Waals surface area contributed by atoms with E-state index in [1.165, 1.54) is 5.56 Å². The van der Waals surface area contributed by atoms with Gasteiger partial charge in [-0.05, 0) is 42.7 Å². The van der Waals surface area contributed by atoms with Gasteiger partial charge in [0, 0.05) is 5.69 Å². The SMILES string of the molecule is CC[C@H](Nc1ccc(S(N)(=O)=O)c(C)c1)c1ccccc1. The minimum atomic E-state index is -3.66. The first kappa shape index (κ1) is 15.5. The molecule has 1 atom stereocenters. The summed E-state index contributed by atoms with van der Waals surface area (Å²) in [5.41, 5.74) is 2.73. The van der Waals surface area contributed by atoms with Crippen molar-refractivity contribution in [2.24, 2.45) is 5.14 Å². The highest BCUT2D eigenvalue weighted by Gasteiger charge is 2.13. The molecule has 0 saturated carbocycles. The molecule has 4 nitrogen and oxygen atoms in total. The van der Waals surface area contributed by atoms with Gasteiger partial charge in [-0.1, -0.05) is 37.3 Å². The van der Waals surface area contributed by atoms with Gasteiger partial charge in [-0.25, -0.2) is 13.6 Å². The van der Waals surface area contributed by atoms with Gasteiger partial charge in [0.05, 0.1) is 10.9 Å². The van der Waals surface area contributed by atoms with Crippen LogP contribution in [0.1, 0.15) is 30.5 Å². The first-order valence-corrected chi connectivity index (χ1v) is 8.41. The second-order valence-electron chi connectivity index (χ2n) is 5.04. The number of nitrogens with two attached hydrogens (primary N) is 1. The molecule has 0 heterocycles. The van der Waals surface area contributed by atoms with Gasteiger partial charge in [0.1, 0.15) is 0 Å². The Labute approximate surface area is 126 Å². The number of anilines is 1. The Kier molecular flexibility index (Phi) is 4.65. The molecule has 0 fully saturated rings. The fraction of sp³-hybridized carbons (Fsp3) is 0.250. The summed E-state index contributed by atoms with van der Waals surface area (Å²) in [4.78, 5) is 0.167. The van der Waals surface area contributed by atoms with Crippen LogP contribution in [0.3, 0.4) is 0 Å². The van der Waals surface area contributed by atoms with Crippen LogP contribution in [-0.2, 0) is 10.0 Å². The zero-order valence-electron chi connectivity index (χ0n) is 12.2. The van der Waals surface area contributed by atoms with E-state index < -0.39 is 10.0 Å². The van der Waals surface area contributed by atoms with Crippen molar-refractivity contribution in [3.8, 4) is 0 Å². The topological polar surface area (TPSA) is 72.2 Å². The minimum Gasteiger partial charge on any atom is -0.378 e. The third kappa shape index (κ3) is 3.83. The Bertz CT molecular complexity index is 712. The Morgan fingerprint density at radius 2 is 1.81 bits per heavy atom. The second-order valence-corrected chi connectivity index (χ2v) is 6.57. The molecule has 0 aliphatic carbocycles. The van der Waals surface area contributed by atoms with Crippen LogP contribution >= 0.6 is 0 Å². The van der Waals surface area contributed by atoms with Crippen LogP contribution in [-0.4, -0.2) is 8.42 Å². The summed E-state index contributed by atoms with van der Waals surface area (Å²) in [6.07, 6.45) is 0.931. The van der Waals surface area contributed by atoms with E-state index in [0.29, 0.717) is 5.56 Å². The number of benzene rings is 2. The summed E-state index contributed by atoms with van der Waals surface area (Å²) in [5, 5.41) is 8.61. The normalized spacial score (nSPS) is 12.9. The molecule has 0 radical (unpaired) electrons. The van der Waals surface area contributed by atoms with Crippen molar-refractivity contribution in [3.63, 3.8) is 0 Å². The molecular weight excluding hydrogens is 284 g/mol. The third-order valence-electron chi connectivity index (χ3n) is 3.43. The molecule has 112 valence electrons. The number of sulfonamides is 1. The number of hydrogen-bond acceptors (Lipinski definition) is 3. The van der Waals surface area contributed by atoms with Crippen molar-refractivity contribution in [2.45, 2.75) is 31.2 Å². The molecular formula is C16H20N2O2S. The highest BCUT2D eigenvalue weighted by atomic mass is 32.2. The lowest BCUT2D eigenvalue weighted by Crippen LogP contribution is -2.14. The zero-order chi connectivity index (χ0) is 15.5. The molecule has 0 unspecified atom stereocenters. The maximum Gasteiger partial charge on any atom is 0.238 e. The largest absolute Gasteiger partial charge is 0.378 e. The number of rotatable bonds is 5. The van der Waals surface area contributed by atoms with Gasteiger partial charge < -0.3 is 5.32 Å². The van der Waals surface area contributed by atoms with Crippen molar-refractivity contribution >= 4 is 15.7 Å². The molecule has 21 heavy (non-hydrogen) atoms. The van der Waals surface area contributed by atoms with E-state index in [1.807, 2.05) is 24.3 Å². The van der Waals surface area contributed by atoms with Crippen LogP contribution < -0.4 is 10.5 Å². The van der Waals surface area contributed by atoms with Crippen molar-refractivity contribution in [3.05, 3.63) is 59.7 Å². The highest BCUT2D eigenvalue weighted by molar-refractivity contribution is 7.89. The molecule has 0 aliphatic heterocycles. The Hall–Kier alpha value is -1.85. The predicted octanol–water partition coefficient (Wildman–Crippen LogP) is 3.21. The van der Waals surface area contributed by atoms with Crippen LogP contribution in [0.5, 0.6) is 0 Å². The third-order valence-corrected chi connectivity index (χ3v) is 4.50. The molecule has 0 saturated heterocycles. The van der Waals surface area contributed by atoms with E-state index in [4.69, 9.17) is 5.14 Å². The average molecular weight is 304 g/mol. The molecule has 0 bridgehead atoms. The summed E-state index contributed by atoms with van der Waals surface area (Å²) in [5.74, 6) is 0. The van der Waals surface area contributed by atoms with Gasteiger partial charge >= 0.3 is 0 Å². The molecule has 0 aromatic heterocycles. The Morgan fingerprint density at radius 3 is 2.33 bits per heavy atom. The van der Waals surface area contributed by atoms with E-state index in [-0.39, 0.29) is 10.9 Å². The maximum atomic E-state index is 11.4. The van der Waals surface area contributed by atoms with Crippen LogP contribution in [0.15, 0.2) is 53.4 Å². The quantitative estimate of drug-likeness (QED) is 0.891. The fourth-order valence-corrected chi connectivity index (χ4v) is 3.13. The smallest absolute Gasteiger partial charge is 0.238 e. The molecule has 2 aromatic rings. The van der Waals surface area contributed by atoms with Gasteiger partial charge in [0.2, 0.25) is 10.0 Å². The van der Waals surface area contributed by atoms with Gasteiger partial charge in [0.15, 0.2) is 0 Å². The summed E-state index contributed by atoms with van der Waals surface area (Å²) in [6, 6.07) is 15.4. The molecule has 3 N–H and O–H groups in total. The summed E-state index contributed by atoms with van der Waals surface area (Å²) in [6.45, 7) is 3.85. The number of hydrogen-bond donors (Lipinski definition) is 2. The average Bonchev–Trinajstić information content (AvgIpc) is 2.44. The molecule has 0 amide bonds. The Balaban J connectivity index is 2.25. The minimum absolute atomic E-state index is 0.167. The molecule has 2 aromatic carbocycles. The predicted molar refractivity (Wildman–Crippen MR) is 85.6 cm³/mol. The molecule has 0 spiro atoms. The standard InChI is InChI=1S/C16H20N2O2S/c1-3-15(13-7-5-4-6-8-13)18-14-9-10-16(12(2)11-14)21(17,19)20/h4-11,15,18H,3H2,1-2H3,(H2,17,19,20)/t15-/m0/s1. The van der Waals surface area contributed by atoms with Gasteiger partial charge in [-0.15, -0.1) is 0 Å². The summed E-state index contributed by atoms with van der Waals surface area (Å²) >= 11 is 0. The van der Waals surface area contributed by atoms with E-state index >= 15 is 0 Å². The maximum absolute atomic E-state index is 11.4. The lowest BCUT2D eigenvalue weighted by molar-refractivity contribution is 0.597. The van der Waals surface area contributed by atoms with Crippen LogP contribution in [0, 0.1) is 6.92 Å². The van der Waals surface area contributed by atoms with Crippen LogP contribution in [0.4, 0.5) is 5.69 Å². The Morgan fingerprint density at radius 1 is 1.14 bits per heavy atom. The second kappa shape index (κ2) is 6.28. The lowest BCUT2D eigenvalue weighted by atomic mass is 10.0. The molecule has 5 heteroatoms. The van der Waals surface area contributed by atoms with Crippen LogP contribution in [0.25, 0.3) is 0 Å². The molecule has 0 aliphatic rings. The van der Waals surface area contributed by atoms with Gasteiger partial charge in [0.25, 0.3) is 0 Å². The van der Waals surface area contributed by atoms with Crippen molar-refractivity contribution in [2.75, 3.05) is 5.32 Å². The highest BCUT2D eigenvalue weighted by Crippen LogP contribution is 2.25. The fourth-order valence-electron chi connectivity index (χ4n) is 2.37. The lowest BCUT2D eigenvalue weighted by Gasteiger charge is -2.19. The van der Waals surface area contributed by atoms with E-state index in [1.54, 1.807) is 19.1 Å². The first-order valence-electron chi connectivity index (χ1n) is 6.86. The number of aryl methyl sites for hydroxylation is 1. The monoisotopic (exact) mass is 304 g/mol. The van der Waals surface area contributed by atoms with E-state index in [0.717, 1.165) is 12.1 Å². The zero-order valence-corrected chi connectivity index (χ0v) is 13.0. The van der Waals surface area contributed by atoms with Crippen molar-refractivity contribution in [1.29, 1.82) is 0 Å². The number of nitrogens with one attached hydrogen (secondary N) is 1. The van der Waals surface area contributed by atoms with E-state index in [9.17, 15) is 8.42 Å². The van der Waals surface area contributed by atoms with Crippen LogP contribution in [0.2, 0.25) is 0 Å². The summed E-state index contributed by atoms with van der Waals surface area (Å²) in [7, 11) is -3.66. The summed E-state index contributed by atoms with van der Waals surface area (Å²) < 4.78 is 22.8.